The van der Waals surface area contributed by atoms with Gasteiger partial charge in [-0.05, 0) is 20.8 Å². The zero-order valence-electron chi connectivity index (χ0n) is 10.1. The topological polar surface area (TPSA) is 80.5 Å². The molecular weight excluding hydrogens is 228 g/mol. The molecule has 0 saturated carbocycles. The first kappa shape index (κ1) is 13.4. The summed E-state index contributed by atoms with van der Waals surface area (Å²) in [4.78, 5) is 13.8. The number of nitrogens with zero attached hydrogens (tertiary/aromatic N) is 1. The van der Waals surface area contributed by atoms with E-state index < -0.39 is 15.3 Å². The predicted octanol–water partition coefficient (Wildman–Crippen LogP) is -0.383. The van der Waals surface area contributed by atoms with Crippen LogP contribution in [0.2, 0.25) is 0 Å². The lowest BCUT2D eigenvalue weighted by Gasteiger charge is -2.38. The van der Waals surface area contributed by atoms with Gasteiger partial charge >= 0.3 is 0 Å². The molecule has 0 aromatic heterocycles. The largest absolute Gasteiger partial charge is 0.337 e. The average molecular weight is 248 g/mol. The zero-order valence-corrected chi connectivity index (χ0v) is 10.9. The molecule has 1 fully saturated rings. The third-order valence-corrected chi connectivity index (χ3v) is 4.82. The molecule has 1 atom stereocenters. The van der Waals surface area contributed by atoms with Gasteiger partial charge in [0.25, 0.3) is 0 Å². The van der Waals surface area contributed by atoms with E-state index in [-0.39, 0.29) is 36.5 Å². The molecule has 1 heterocycles. The second-order valence-electron chi connectivity index (χ2n) is 5.05. The van der Waals surface area contributed by atoms with Gasteiger partial charge in [-0.3, -0.25) is 4.79 Å². The van der Waals surface area contributed by atoms with Crippen molar-refractivity contribution < 1.29 is 13.2 Å². The molecule has 5 nitrogen and oxygen atoms in total. The van der Waals surface area contributed by atoms with E-state index in [0.29, 0.717) is 0 Å². The Labute approximate surface area is 96.9 Å². The van der Waals surface area contributed by atoms with Crippen molar-refractivity contribution in [1.29, 1.82) is 0 Å². The molecule has 1 rings (SSSR count). The second kappa shape index (κ2) is 4.33. The highest BCUT2D eigenvalue weighted by Crippen LogP contribution is 2.21. The number of hydrogen-bond donors (Lipinski definition) is 1. The SMILES string of the molecule is CC1CS(=O)(=O)CCN1C(=O)C(C)(C)CN. The summed E-state index contributed by atoms with van der Waals surface area (Å²) >= 11 is 0. The van der Waals surface area contributed by atoms with Crippen molar-refractivity contribution in [2.45, 2.75) is 26.8 Å². The number of carbonyl (C=O) groups excluding carboxylic acids is 1. The summed E-state index contributed by atoms with van der Waals surface area (Å²) in [7, 11) is -2.98. The lowest BCUT2D eigenvalue weighted by molar-refractivity contribution is -0.141. The molecule has 0 aromatic rings. The molecule has 0 aromatic carbocycles. The predicted molar refractivity (Wildman–Crippen MR) is 62.7 cm³/mol. The van der Waals surface area contributed by atoms with Gasteiger partial charge in [0.05, 0.1) is 16.9 Å². The number of carbonyl (C=O) groups is 1. The van der Waals surface area contributed by atoms with Crippen LogP contribution in [-0.4, -0.2) is 49.9 Å². The van der Waals surface area contributed by atoms with E-state index in [9.17, 15) is 13.2 Å². The Morgan fingerprint density at radius 2 is 2.06 bits per heavy atom. The summed E-state index contributed by atoms with van der Waals surface area (Å²) in [6.07, 6.45) is 0. The van der Waals surface area contributed by atoms with Crippen LogP contribution in [0.5, 0.6) is 0 Å². The lowest BCUT2D eigenvalue weighted by Crippen LogP contribution is -2.54. The highest BCUT2D eigenvalue weighted by atomic mass is 32.2. The van der Waals surface area contributed by atoms with Gasteiger partial charge < -0.3 is 10.6 Å². The number of hydrogen-bond acceptors (Lipinski definition) is 4. The Bertz CT molecular complexity index is 376. The van der Waals surface area contributed by atoms with E-state index >= 15 is 0 Å². The smallest absolute Gasteiger partial charge is 0.229 e. The molecule has 0 spiro atoms. The van der Waals surface area contributed by atoms with Crippen molar-refractivity contribution in [3.05, 3.63) is 0 Å². The first-order valence-electron chi connectivity index (χ1n) is 5.41. The standard InChI is InChI=1S/C10H20N2O3S/c1-8-6-16(14,15)5-4-12(8)9(13)10(2,3)7-11/h8H,4-7,11H2,1-3H3. The van der Waals surface area contributed by atoms with Gasteiger partial charge in [-0.25, -0.2) is 8.42 Å². The van der Waals surface area contributed by atoms with Crippen molar-refractivity contribution in [3.8, 4) is 0 Å². The fraction of sp³-hybridized carbons (Fsp3) is 0.900. The summed E-state index contributed by atoms with van der Waals surface area (Å²) in [5, 5.41) is 0. The summed E-state index contributed by atoms with van der Waals surface area (Å²) in [5.74, 6) is 0.0562. The fourth-order valence-corrected chi connectivity index (χ4v) is 3.33. The van der Waals surface area contributed by atoms with Gasteiger partial charge in [-0.1, -0.05) is 0 Å². The molecule has 6 heteroatoms. The molecule has 0 bridgehead atoms. The summed E-state index contributed by atoms with van der Waals surface area (Å²) in [6.45, 7) is 5.88. The first-order chi connectivity index (χ1) is 7.19. The molecule has 1 unspecified atom stereocenters. The van der Waals surface area contributed by atoms with Gasteiger partial charge in [0.2, 0.25) is 5.91 Å². The molecule has 1 amide bonds. The van der Waals surface area contributed by atoms with E-state index in [1.54, 1.807) is 25.7 Å². The molecule has 1 aliphatic heterocycles. The minimum Gasteiger partial charge on any atom is -0.337 e. The van der Waals surface area contributed by atoms with Gasteiger partial charge in [0.1, 0.15) is 0 Å². The Kier molecular flexibility index (Phi) is 3.64. The number of sulfone groups is 1. The zero-order chi connectivity index (χ0) is 12.6. The normalized spacial score (nSPS) is 25.5. The van der Waals surface area contributed by atoms with Crippen molar-refractivity contribution in [2.75, 3.05) is 24.6 Å². The molecule has 0 radical (unpaired) electrons. The van der Waals surface area contributed by atoms with E-state index in [2.05, 4.69) is 0 Å². The third kappa shape index (κ3) is 2.74. The van der Waals surface area contributed by atoms with Crippen LogP contribution < -0.4 is 5.73 Å². The van der Waals surface area contributed by atoms with E-state index in [1.165, 1.54) is 0 Å². The summed E-state index contributed by atoms with van der Waals surface area (Å²) < 4.78 is 22.8. The number of amides is 1. The molecule has 0 aliphatic carbocycles. The molecular formula is C10H20N2O3S. The second-order valence-corrected chi connectivity index (χ2v) is 7.28. The number of rotatable bonds is 2. The quantitative estimate of drug-likeness (QED) is 0.722. The molecule has 94 valence electrons. The summed E-state index contributed by atoms with van der Waals surface area (Å²) in [6, 6.07) is -0.253. The minimum absolute atomic E-state index is 0.0550. The van der Waals surface area contributed by atoms with Gasteiger partial charge in [0, 0.05) is 19.1 Å². The van der Waals surface area contributed by atoms with E-state index in [0.717, 1.165) is 0 Å². The fourth-order valence-electron chi connectivity index (χ4n) is 1.78. The first-order valence-corrected chi connectivity index (χ1v) is 7.23. The third-order valence-electron chi connectivity index (χ3n) is 3.02. The molecule has 1 saturated heterocycles. The van der Waals surface area contributed by atoms with Crippen LogP contribution in [0.25, 0.3) is 0 Å². The Hall–Kier alpha value is -0.620. The van der Waals surface area contributed by atoms with E-state index in [1.807, 2.05) is 0 Å². The van der Waals surface area contributed by atoms with Crippen LogP contribution in [-0.2, 0) is 14.6 Å². The molecule has 1 aliphatic rings. The highest BCUT2D eigenvalue weighted by Gasteiger charge is 2.37. The molecule has 2 N–H and O–H groups in total. The van der Waals surface area contributed by atoms with Crippen LogP contribution in [0, 0.1) is 5.41 Å². The average Bonchev–Trinajstić information content (AvgIpc) is 2.15. The van der Waals surface area contributed by atoms with Crippen LogP contribution in [0.3, 0.4) is 0 Å². The number of nitrogens with two attached hydrogens (primary N) is 1. The maximum absolute atomic E-state index is 12.1. The Morgan fingerprint density at radius 1 is 1.50 bits per heavy atom. The Morgan fingerprint density at radius 3 is 2.50 bits per heavy atom. The van der Waals surface area contributed by atoms with Crippen LogP contribution in [0.4, 0.5) is 0 Å². The monoisotopic (exact) mass is 248 g/mol. The maximum atomic E-state index is 12.1. The van der Waals surface area contributed by atoms with Crippen molar-refractivity contribution in [1.82, 2.24) is 4.90 Å². The van der Waals surface area contributed by atoms with Crippen LogP contribution >= 0.6 is 0 Å². The van der Waals surface area contributed by atoms with Gasteiger partial charge in [-0.2, -0.15) is 0 Å². The van der Waals surface area contributed by atoms with Crippen LogP contribution in [0.1, 0.15) is 20.8 Å². The molecule has 16 heavy (non-hydrogen) atoms. The van der Waals surface area contributed by atoms with E-state index in [4.69, 9.17) is 5.73 Å². The maximum Gasteiger partial charge on any atom is 0.229 e. The van der Waals surface area contributed by atoms with Crippen molar-refractivity contribution in [2.24, 2.45) is 11.1 Å². The van der Waals surface area contributed by atoms with Crippen molar-refractivity contribution in [3.63, 3.8) is 0 Å². The highest BCUT2D eigenvalue weighted by molar-refractivity contribution is 7.91. The Balaban J connectivity index is 2.81. The van der Waals surface area contributed by atoms with Crippen molar-refractivity contribution >= 4 is 15.7 Å². The van der Waals surface area contributed by atoms with Crippen LogP contribution in [0.15, 0.2) is 0 Å². The summed E-state index contributed by atoms with van der Waals surface area (Å²) in [5.41, 5.74) is 4.93. The minimum atomic E-state index is -2.98. The van der Waals surface area contributed by atoms with Gasteiger partial charge in [-0.15, -0.1) is 0 Å². The lowest BCUT2D eigenvalue weighted by atomic mass is 9.91. The van der Waals surface area contributed by atoms with Gasteiger partial charge in [0.15, 0.2) is 9.84 Å².